The van der Waals surface area contributed by atoms with E-state index in [0.717, 1.165) is 5.69 Å². The highest BCUT2D eigenvalue weighted by atomic mass is 35.5. The average molecular weight is 330 g/mol. The number of rotatable bonds is 7. The van der Waals surface area contributed by atoms with Crippen LogP contribution in [0, 0.1) is 0 Å². The maximum absolute atomic E-state index is 6.15. The van der Waals surface area contributed by atoms with Gasteiger partial charge in [-0.25, -0.2) is 0 Å². The summed E-state index contributed by atoms with van der Waals surface area (Å²) in [4.78, 5) is 0. The summed E-state index contributed by atoms with van der Waals surface area (Å²) in [5.74, 6) is 0.703. The quantitative estimate of drug-likeness (QED) is 0.848. The Bertz CT molecular complexity index is 572. The molecule has 0 aliphatic rings. The molecule has 0 saturated heterocycles. The summed E-state index contributed by atoms with van der Waals surface area (Å²) in [5, 5.41) is 5.38. The highest BCUT2D eigenvalue weighted by Gasteiger charge is 2.17. The molecule has 0 fully saturated rings. The van der Waals surface area contributed by atoms with Gasteiger partial charge in [0.2, 0.25) is 0 Å². The molecule has 0 saturated carbocycles. The molecule has 2 N–H and O–H groups in total. The van der Waals surface area contributed by atoms with E-state index in [-0.39, 0.29) is 6.04 Å². The smallest absolute Gasteiger partial charge is 0.119 e. The molecule has 5 nitrogen and oxygen atoms in total. The van der Waals surface area contributed by atoms with E-state index in [1.54, 1.807) is 42.3 Å². The van der Waals surface area contributed by atoms with Crippen molar-refractivity contribution in [2.75, 3.05) is 20.3 Å². The van der Waals surface area contributed by atoms with E-state index in [1.165, 1.54) is 0 Å². The Kier molecular flexibility index (Phi) is 5.87. The monoisotopic (exact) mass is 329 g/mol. The molecular formula is C14H17Cl2N3O2. The number of aromatic nitrogens is 2. The summed E-state index contributed by atoms with van der Waals surface area (Å²) in [5.41, 5.74) is 6.89. The van der Waals surface area contributed by atoms with Gasteiger partial charge in [-0.2, -0.15) is 5.10 Å². The average Bonchev–Trinajstić information content (AvgIpc) is 2.85. The lowest BCUT2D eigenvalue weighted by Crippen LogP contribution is -2.24. The van der Waals surface area contributed by atoms with Gasteiger partial charge in [0.15, 0.2) is 0 Å². The van der Waals surface area contributed by atoms with Gasteiger partial charge in [0, 0.05) is 12.1 Å². The van der Waals surface area contributed by atoms with E-state index in [9.17, 15) is 0 Å². The van der Waals surface area contributed by atoms with Crippen LogP contribution in [0.1, 0.15) is 11.7 Å². The summed E-state index contributed by atoms with van der Waals surface area (Å²) in [6.07, 6.45) is 1.58. The molecule has 2 aromatic rings. The SMILES string of the molecule is COCCn1ncc(Cl)c1C(N)COc1ccc(Cl)cc1. The lowest BCUT2D eigenvalue weighted by Gasteiger charge is -2.16. The minimum Gasteiger partial charge on any atom is -0.492 e. The van der Waals surface area contributed by atoms with E-state index in [0.29, 0.717) is 35.6 Å². The second-order valence-corrected chi connectivity index (χ2v) is 5.31. The van der Waals surface area contributed by atoms with Crippen molar-refractivity contribution in [3.05, 3.63) is 46.2 Å². The van der Waals surface area contributed by atoms with Crippen molar-refractivity contribution >= 4 is 23.2 Å². The van der Waals surface area contributed by atoms with Gasteiger partial charge in [-0.15, -0.1) is 0 Å². The van der Waals surface area contributed by atoms with Crippen LogP contribution in [0.3, 0.4) is 0 Å². The number of nitrogens with zero attached hydrogens (tertiary/aromatic N) is 2. The van der Waals surface area contributed by atoms with Crippen molar-refractivity contribution in [2.24, 2.45) is 5.73 Å². The van der Waals surface area contributed by atoms with Gasteiger partial charge >= 0.3 is 0 Å². The first-order chi connectivity index (χ1) is 10.1. The fraction of sp³-hybridized carbons (Fsp3) is 0.357. The van der Waals surface area contributed by atoms with E-state index in [1.807, 2.05) is 0 Å². The maximum Gasteiger partial charge on any atom is 0.119 e. The third-order valence-corrected chi connectivity index (χ3v) is 3.48. The Labute approximate surface area is 133 Å². The molecule has 1 atom stereocenters. The molecule has 0 amide bonds. The highest BCUT2D eigenvalue weighted by Crippen LogP contribution is 2.23. The molecule has 114 valence electrons. The normalized spacial score (nSPS) is 12.4. The van der Waals surface area contributed by atoms with Crippen molar-refractivity contribution in [3.63, 3.8) is 0 Å². The molecule has 2 rings (SSSR count). The summed E-state index contributed by atoms with van der Waals surface area (Å²) < 4.78 is 12.4. The van der Waals surface area contributed by atoms with Gasteiger partial charge in [0.05, 0.1) is 36.1 Å². The predicted molar refractivity (Wildman–Crippen MR) is 83.0 cm³/mol. The first-order valence-electron chi connectivity index (χ1n) is 6.46. The first-order valence-corrected chi connectivity index (χ1v) is 7.21. The Hall–Kier alpha value is -1.27. The van der Waals surface area contributed by atoms with Crippen LogP contribution in [0.4, 0.5) is 0 Å². The summed E-state index contributed by atoms with van der Waals surface area (Å²) in [7, 11) is 1.63. The zero-order chi connectivity index (χ0) is 15.2. The van der Waals surface area contributed by atoms with Crippen LogP contribution in [0.25, 0.3) is 0 Å². The van der Waals surface area contributed by atoms with Gasteiger partial charge in [-0.3, -0.25) is 4.68 Å². The van der Waals surface area contributed by atoms with Crippen molar-refractivity contribution in [3.8, 4) is 5.75 Å². The van der Waals surface area contributed by atoms with E-state index in [4.69, 9.17) is 38.4 Å². The van der Waals surface area contributed by atoms with Crippen LogP contribution in [0.2, 0.25) is 10.0 Å². The number of halogens is 2. The Morgan fingerprint density at radius 3 is 2.67 bits per heavy atom. The first kappa shape index (κ1) is 16.1. The maximum atomic E-state index is 6.15. The highest BCUT2D eigenvalue weighted by molar-refractivity contribution is 6.31. The minimum absolute atomic E-state index is 0.292. The minimum atomic E-state index is -0.382. The summed E-state index contributed by atoms with van der Waals surface area (Å²) in [6, 6.07) is 6.72. The van der Waals surface area contributed by atoms with Gasteiger partial charge in [-0.1, -0.05) is 23.2 Å². The molecule has 1 unspecified atom stereocenters. The molecule has 0 bridgehead atoms. The van der Waals surface area contributed by atoms with Crippen LogP contribution in [-0.2, 0) is 11.3 Å². The standard InChI is InChI=1S/C14H17Cl2N3O2/c1-20-7-6-19-14(12(16)8-18-19)13(17)9-21-11-4-2-10(15)3-5-11/h2-5,8,13H,6-7,9,17H2,1H3. The zero-order valence-electron chi connectivity index (χ0n) is 11.6. The van der Waals surface area contributed by atoms with Crippen LogP contribution >= 0.6 is 23.2 Å². The summed E-state index contributed by atoms with van der Waals surface area (Å²) >= 11 is 12.0. The molecule has 0 spiro atoms. The fourth-order valence-electron chi connectivity index (χ4n) is 1.89. The molecule has 21 heavy (non-hydrogen) atoms. The third-order valence-electron chi connectivity index (χ3n) is 2.93. The van der Waals surface area contributed by atoms with Crippen LogP contribution in [-0.4, -0.2) is 30.1 Å². The number of ether oxygens (including phenoxy) is 2. The predicted octanol–water partition coefficient (Wildman–Crippen LogP) is 2.92. The third kappa shape index (κ3) is 4.35. The van der Waals surface area contributed by atoms with E-state index < -0.39 is 0 Å². The number of benzene rings is 1. The largest absolute Gasteiger partial charge is 0.492 e. The molecule has 0 aliphatic carbocycles. The Morgan fingerprint density at radius 2 is 2.00 bits per heavy atom. The Morgan fingerprint density at radius 1 is 1.29 bits per heavy atom. The topological polar surface area (TPSA) is 62.3 Å². The summed E-state index contributed by atoms with van der Waals surface area (Å²) in [6.45, 7) is 1.42. The second kappa shape index (κ2) is 7.66. The lowest BCUT2D eigenvalue weighted by molar-refractivity contribution is 0.181. The van der Waals surface area contributed by atoms with Gasteiger partial charge in [-0.05, 0) is 24.3 Å². The van der Waals surface area contributed by atoms with E-state index in [2.05, 4.69) is 5.10 Å². The van der Waals surface area contributed by atoms with Gasteiger partial charge < -0.3 is 15.2 Å². The van der Waals surface area contributed by atoms with Gasteiger partial charge in [0.25, 0.3) is 0 Å². The van der Waals surface area contributed by atoms with Crippen LogP contribution in [0.5, 0.6) is 5.75 Å². The molecule has 1 aromatic heterocycles. The molecule has 0 aliphatic heterocycles. The fourth-order valence-corrected chi connectivity index (χ4v) is 2.30. The molecule has 0 radical (unpaired) electrons. The van der Waals surface area contributed by atoms with Crippen LogP contribution in [0.15, 0.2) is 30.5 Å². The second-order valence-electron chi connectivity index (χ2n) is 4.47. The van der Waals surface area contributed by atoms with Crippen molar-refractivity contribution in [2.45, 2.75) is 12.6 Å². The van der Waals surface area contributed by atoms with Crippen LogP contribution < -0.4 is 10.5 Å². The number of hydrogen-bond acceptors (Lipinski definition) is 4. The van der Waals surface area contributed by atoms with Crippen molar-refractivity contribution in [1.29, 1.82) is 0 Å². The van der Waals surface area contributed by atoms with Gasteiger partial charge in [0.1, 0.15) is 12.4 Å². The molecule has 1 heterocycles. The number of hydrogen-bond donors (Lipinski definition) is 1. The Balaban J connectivity index is 2.01. The van der Waals surface area contributed by atoms with Crippen molar-refractivity contribution in [1.82, 2.24) is 9.78 Å². The van der Waals surface area contributed by atoms with Crippen molar-refractivity contribution < 1.29 is 9.47 Å². The number of nitrogens with two attached hydrogens (primary N) is 1. The number of methoxy groups -OCH3 is 1. The lowest BCUT2D eigenvalue weighted by atomic mass is 10.2. The molecular weight excluding hydrogens is 313 g/mol. The molecule has 1 aromatic carbocycles. The molecule has 7 heteroatoms. The zero-order valence-corrected chi connectivity index (χ0v) is 13.1. The van der Waals surface area contributed by atoms with E-state index >= 15 is 0 Å².